The second-order valence-corrected chi connectivity index (χ2v) is 7.16. The van der Waals surface area contributed by atoms with E-state index in [-0.39, 0.29) is 12.2 Å². The van der Waals surface area contributed by atoms with Gasteiger partial charge in [-0.05, 0) is 46.6 Å². The van der Waals surface area contributed by atoms with E-state index in [4.69, 9.17) is 11.6 Å². The summed E-state index contributed by atoms with van der Waals surface area (Å²) in [5, 5.41) is 11.4. The Morgan fingerprint density at radius 3 is 2.63 bits per heavy atom. The molecule has 0 fully saturated rings. The van der Waals surface area contributed by atoms with Gasteiger partial charge in [0, 0.05) is 16.9 Å². The molecule has 0 unspecified atom stereocenters. The lowest BCUT2D eigenvalue weighted by atomic mass is 10.2. The minimum Gasteiger partial charge on any atom is -0.307 e. The Hall–Kier alpha value is -2.26. The predicted molar refractivity (Wildman–Crippen MR) is 101 cm³/mol. The first-order valence-corrected chi connectivity index (χ1v) is 9.08. The van der Waals surface area contributed by atoms with Crippen LogP contribution in [-0.4, -0.2) is 25.5 Å². The number of anilines is 1. The van der Waals surface area contributed by atoms with Crippen molar-refractivity contribution >= 4 is 39.3 Å². The predicted octanol–water partition coefficient (Wildman–Crippen LogP) is 4.43. The zero-order chi connectivity index (χ0) is 19.6. The first kappa shape index (κ1) is 19.5. The third kappa shape index (κ3) is 4.92. The summed E-state index contributed by atoms with van der Waals surface area (Å²) in [5.41, 5.74) is 1.13. The number of amides is 1. The van der Waals surface area contributed by atoms with Gasteiger partial charge in [-0.2, -0.15) is 10.2 Å². The van der Waals surface area contributed by atoms with E-state index in [1.807, 2.05) is 12.1 Å². The van der Waals surface area contributed by atoms with Crippen LogP contribution in [0.3, 0.4) is 0 Å². The average molecular weight is 459 g/mol. The quantitative estimate of drug-likeness (QED) is 0.594. The fourth-order valence-corrected chi connectivity index (χ4v) is 2.99. The third-order valence-electron chi connectivity index (χ3n) is 3.75. The maximum atomic E-state index is 12.7. The molecule has 2 heterocycles. The molecule has 0 saturated heterocycles. The number of benzene rings is 1. The van der Waals surface area contributed by atoms with Gasteiger partial charge in [0.15, 0.2) is 5.82 Å². The van der Waals surface area contributed by atoms with Crippen molar-refractivity contribution in [1.29, 1.82) is 0 Å². The molecule has 0 spiro atoms. The topological polar surface area (TPSA) is 64.7 Å². The van der Waals surface area contributed by atoms with Crippen LogP contribution in [0.5, 0.6) is 0 Å². The summed E-state index contributed by atoms with van der Waals surface area (Å²) < 4.78 is 28.9. The van der Waals surface area contributed by atoms with Gasteiger partial charge >= 0.3 is 0 Å². The van der Waals surface area contributed by atoms with Crippen LogP contribution in [0.1, 0.15) is 23.4 Å². The Morgan fingerprint density at radius 2 is 2.00 bits per heavy atom. The number of aromatic nitrogens is 4. The highest BCUT2D eigenvalue weighted by Crippen LogP contribution is 2.22. The van der Waals surface area contributed by atoms with E-state index in [1.54, 1.807) is 29.9 Å². The minimum absolute atomic E-state index is 0.185. The molecule has 1 N–H and O–H groups in total. The third-order valence-corrected chi connectivity index (χ3v) is 4.58. The van der Waals surface area contributed by atoms with Crippen molar-refractivity contribution in [1.82, 2.24) is 19.6 Å². The lowest BCUT2D eigenvalue weighted by Crippen LogP contribution is -2.21. The molecule has 0 bridgehead atoms. The van der Waals surface area contributed by atoms with E-state index in [0.717, 1.165) is 5.56 Å². The molecule has 1 amide bonds. The van der Waals surface area contributed by atoms with Gasteiger partial charge in [0.2, 0.25) is 5.91 Å². The van der Waals surface area contributed by atoms with Gasteiger partial charge in [-0.15, -0.1) is 0 Å². The standard InChI is InChI=1S/C17H15BrClF2N5O/c1-10-6-14(16(20)21)23-26(10)9-15(27)22-17-13(18)8-25(24-17)7-11-2-4-12(19)5-3-11/h2-6,8,16H,7,9H2,1H3,(H,22,24,27). The molecule has 1 aromatic carbocycles. The molecule has 0 aliphatic heterocycles. The monoisotopic (exact) mass is 457 g/mol. The van der Waals surface area contributed by atoms with Crippen LogP contribution in [0, 0.1) is 6.92 Å². The van der Waals surface area contributed by atoms with Crippen LogP contribution in [0.2, 0.25) is 5.02 Å². The molecule has 10 heteroatoms. The van der Waals surface area contributed by atoms with Crippen LogP contribution < -0.4 is 5.32 Å². The summed E-state index contributed by atoms with van der Waals surface area (Å²) in [5.74, 6) is -0.0766. The number of nitrogens with zero attached hydrogens (tertiary/aromatic N) is 4. The largest absolute Gasteiger partial charge is 0.307 e. The molecule has 0 radical (unpaired) electrons. The fraction of sp³-hybridized carbons (Fsp3) is 0.235. The van der Waals surface area contributed by atoms with Crippen molar-refractivity contribution in [2.75, 3.05) is 5.32 Å². The maximum absolute atomic E-state index is 12.7. The highest BCUT2D eigenvalue weighted by Gasteiger charge is 2.16. The van der Waals surface area contributed by atoms with E-state index in [0.29, 0.717) is 27.6 Å². The van der Waals surface area contributed by atoms with E-state index in [2.05, 4.69) is 31.4 Å². The van der Waals surface area contributed by atoms with Gasteiger partial charge < -0.3 is 5.32 Å². The number of alkyl halides is 2. The van der Waals surface area contributed by atoms with Crippen LogP contribution in [0.25, 0.3) is 0 Å². The SMILES string of the molecule is Cc1cc(C(F)F)nn1CC(=O)Nc1nn(Cc2ccc(Cl)cc2)cc1Br. The summed E-state index contributed by atoms with van der Waals surface area (Å²) in [6.07, 6.45) is -0.941. The first-order chi connectivity index (χ1) is 12.8. The van der Waals surface area contributed by atoms with Crippen molar-refractivity contribution < 1.29 is 13.6 Å². The number of nitrogens with one attached hydrogen (secondary N) is 1. The Kier molecular flexibility index (Phi) is 5.91. The molecular weight excluding hydrogens is 444 g/mol. The Morgan fingerprint density at radius 1 is 1.30 bits per heavy atom. The van der Waals surface area contributed by atoms with Crippen molar-refractivity contribution in [2.45, 2.75) is 26.4 Å². The number of rotatable bonds is 6. The van der Waals surface area contributed by atoms with Gasteiger partial charge in [-0.3, -0.25) is 14.2 Å². The summed E-state index contributed by atoms with van der Waals surface area (Å²) >= 11 is 9.22. The van der Waals surface area contributed by atoms with Gasteiger partial charge in [0.1, 0.15) is 12.2 Å². The lowest BCUT2D eigenvalue weighted by Gasteiger charge is -2.05. The Bertz CT molecular complexity index is 955. The Balaban J connectivity index is 1.66. The number of carbonyl (C=O) groups is 1. The molecule has 142 valence electrons. The van der Waals surface area contributed by atoms with E-state index in [1.165, 1.54) is 10.7 Å². The van der Waals surface area contributed by atoms with Crippen molar-refractivity contribution in [3.63, 3.8) is 0 Å². The van der Waals surface area contributed by atoms with E-state index < -0.39 is 12.3 Å². The molecule has 6 nitrogen and oxygen atoms in total. The fourth-order valence-electron chi connectivity index (χ4n) is 2.45. The Labute approximate surface area is 167 Å². The zero-order valence-electron chi connectivity index (χ0n) is 14.2. The number of carbonyl (C=O) groups excluding carboxylic acids is 1. The van der Waals surface area contributed by atoms with E-state index in [9.17, 15) is 13.6 Å². The number of halogens is 4. The maximum Gasteiger partial charge on any atom is 0.282 e. The van der Waals surface area contributed by atoms with Crippen molar-refractivity contribution in [3.05, 3.63) is 63.0 Å². The van der Waals surface area contributed by atoms with Gasteiger partial charge in [0.05, 0.1) is 11.0 Å². The molecule has 2 aromatic heterocycles. The number of hydrogen-bond donors (Lipinski definition) is 1. The lowest BCUT2D eigenvalue weighted by molar-refractivity contribution is -0.117. The first-order valence-electron chi connectivity index (χ1n) is 7.91. The molecule has 27 heavy (non-hydrogen) atoms. The number of aryl methyl sites for hydroxylation is 1. The smallest absolute Gasteiger partial charge is 0.282 e. The zero-order valence-corrected chi connectivity index (χ0v) is 16.5. The van der Waals surface area contributed by atoms with Crippen LogP contribution >= 0.6 is 27.5 Å². The van der Waals surface area contributed by atoms with Gasteiger partial charge in [0.25, 0.3) is 6.43 Å². The summed E-state index contributed by atoms with van der Waals surface area (Å²) in [6, 6.07) is 8.61. The molecule has 0 saturated carbocycles. The molecule has 0 atom stereocenters. The molecule has 3 rings (SSSR count). The van der Waals surface area contributed by atoms with Crippen LogP contribution in [0.15, 0.2) is 41.0 Å². The highest BCUT2D eigenvalue weighted by atomic mass is 79.9. The van der Waals surface area contributed by atoms with Crippen molar-refractivity contribution in [2.24, 2.45) is 0 Å². The number of hydrogen-bond acceptors (Lipinski definition) is 3. The van der Waals surface area contributed by atoms with Crippen LogP contribution in [0.4, 0.5) is 14.6 Å². The van der Waals surface area contributed by atoms with E-state index >= 15 is 0 Å². The molecular formula is C17H15BrClF2N5O. The van der Waals surface area contributed by atoms with Crippen LogP contribution in [-0.2, 0) is 17.9 Å². The molecule has 3 aromatic rings. The summed E-state index contributed by atoms with van der Waals surface area (Å²) in [6.45, 7) is 1.93. The second-order valence-electron chi connectivity index (χ2n) is 5.87. The summed E-state index contributed by atoms with van der Waals surface area (Å²) in [4.78, 5) is 12.2. The van der Waals surface area contributed by atoms with Gasteiger partial charge in [-0.1, -0.05) is 23.7 Å². The molecule has 0 aliphatic rings. The minimum atomic E-state index is -2.68. The molecule has 0 aliphatic carbocycles. The van der Waals surface area contributed by atoms with Crippen molar-refractivity contribution in [3.8, 4) is 0 Å². The highest BCUT2D eigenvalue weighted by molar-refractivity contribution is 9.10. The summed E-state index contributed by atoms with van der Waals surface area (Å²) in [7, 11) is 0. The normalized spacial score (nSPS) is 11.2. The average Bonchev–Trinajstić information content (AvgIpc) is 3.13. The second kappa shape index (κ2) is 8.18. The van der Waals surface area contributed by atoms with Gasteiger partial charge in [-0.25, -0.2) is 8.78 Å².